The average Bonchev–Trinajstić information content (AvgIpc) is 2.54. The van der Waals surface area contributed by atoms with Gasteiger partial charge in [0.15, 0.2) is 9.34 Å². The van der Waals surface area contributed by atoms with E-state index in [9.17, 15) is 16.8 Å². The first-order valence-electron chi connectivity index (χ1n) is 5.81. The Kier molecular flexibility index (Phi) is 4.84. The van der Waals surface area contributed by atoms with Gasteiger partial charge in [-0.05, 0) is 18.8 Å². The molecule has 3 N–H and O–H groups in total. The number of aromatic nitrogens is 1. The Morgan fingerprint density at radius 2 is 1.80 bits per heavy atom. The van der Waals surface area contributed by atoms with Crippen molar-refractivity contribution in [2.75, 3.05) is 10.5 Å². The minimum absolute atomic E-state index is 0.0143. The molecule has 0 bridgehead atoms. The standard InChI is InChI=1S/C10H19N3O4S3/c1-7-8(20(11,16)17)18-9(12-7)13-19(14,15)6-5-10(2,3)4/h5-6H2,1-4H3,(H,12,13)(H2,11,16,17). The van der Waals surface area contributed by atoms with E-state index in [1.165, 1.54) is 6.92 Å². The number of thiazole rings is 1. The molecule has 1 rings (SSSR count). The number of nitrogens with one attached hydrogen (secondary N) is 1. The summed E-state index contributed by atoms with van der Waals surface area (Å²) in [5.41, 5.74) is 0.0743. The summed E-state index contributed by atoms with van der Waals surface area (Å²) in [7, 11) is -7.44. The van der Waals surface area contributed by atoms with E-state index in [4.69, 9.17) is 5.14 Å². The molecule has 0 atom stereocenters. The molecule has 1 heterocycles. The number of anilines is 1. The number of sulfonamides is 2. The van der Waals surface area contributed by atoms with E-state index < -0.39 is 20.0 Å². The maximum absolute atomic E-state index is 11.9. The second kappa shape index (κ2) is 5.58. The summed E-state index contributed by atoms with van der Waals surface area (Å²) >= 11 is 0.712. The van der Waals surface area contributed by atoms with Gasteiger partial charge >= 0.3 is 0 Å². The van der Waals surface area contributed by atoms with Crippen molar-refractivity contribution in [3.63, 3.8) is 0 Å². The highest BCUT2D eigenvalue weighted by Crippen LogP contribution is 2.27. The summed E-state index contributed by atoms with van der Waals surface area (Å²) < 4.78 is 48.5. The molecule has 0 amide bonds. The van der Waals surface area contributed by atoms with Crippen LogP contribution >= 0.6 is 11.3 Å². The van der Waals surface area contributed by atoms with Crippen LogP contribution in [0.4, 0.5) is 5.13 Å². The van der Waals surface area contributed by atoms with Crippen LogP contribution in [-0.4, -0.2) is 27.6 Å². The van der Waals surface area contributed by atoms with Gasteiger partial charge in [-0.1, -0.05) is 32.1 Å². The van der Waals surface area contributed by atoms with Crippen molar-refractivity contribution in [2.24, 2.45) is 10.6 Å². The molecule has 0 aliphatic rings. The molecular weight excluding hydrogens is 322 g/mol. The second-order valence-electron chi connectivity index (χ2n) is 5.67. The number of hydrogen-bond donors (Lipinski definition) is 2. The molecule has 0 fully saturated rings. The van der Waals surface area contributed by atoms with Gasteiger partial charge in [-0.3, -0.25) is 4.72 Å². The van der Waals surface area contributed by atoms with E-state index >= 15 is 0 Å². The predicted octanol–water partition coefficient (Wildman–Crippen LogP) is 1.28. The molecule has 0 radical (unpaired) electrons. The van der Waals surface area contributed by atoms with Crippen molar-refractivity contribution in [3.8, 4) is 0 Å². The van der Waals surface area contributed by atoms with Crippen LogP contribution in [-0.2, 0) is 20.0 Å². The average molecular weight is 341 g/mol. The molecule has 0 aliphatic carbocycles. The maximum Gasteiger partial charge on any atom is 0.249 e. The van der Waals surface area contributed by atoms with Gasteiger partial charge in [0.05, 0.1) is 11.4 Å². The van der Waals surface area contributed by atoms with Crippen LogP contribution in [0.25, 0.3) is 0 Å². The minimum atomic E-state index is -3.88. The summed E-state index contributed by atoms with van der Waals surface area (Å²) in [6, 6.07) is 0. The summed E-state index contributed by atoms with van der Waals surface area (Å²) in [4.78, 5) is 3.88. The molecule has 0 aromatic carbocycles. The lowest BCUT2D eigenvalue weighted by molar-refractivity contribution is 0.397. The van der Waals surface area contributed by atoms with Gasteiger partial charge in [-0.2, -0.15) is 0 Å². The number of hydrogen-bond acceptors (Lipinski definition) is 6. The third-order valence-corrected chi connectivity index (χ3v) is 6.38. The molecule has 1 aromatic rings. The zero-order valence-corrected chi connectivity index (χ0v) is 14.2. The number of aryl methyl sites for hydroxylation is 1. The first-order chi connectivity index (χ1) is 8.80. The number of nitrogens with two attached hydrogens (primary N) is 1. The third kappa shape index (κ3) is 5.35. The van der Waals surface area contributed by atoms with Crippen molar-refractivity contribution >= 4 is 36.5 Å². The van der Waals surface area contributed by atoms with Crippen LogP contribution in [0.2, 0.25) is 0 Å². The van der Waals surface area contributed by atoms with Gasteiger partial charge < -0.3 is 0 Å². The van der Waals surface area contributed by atoms with Crippen molar-refractivity contribution in [3.05, 3.63) is 5.69 Å². The summed E-state index contributed by atoms with van der Waals surface area (Å²) in [5.74, 6) is -0.0557. The van der Waals surface area contributed by atoms with Crippen LogP contribution in [0.1, 0.15) is 32.9 Å². The van der Waals surface area contributed by atoms with Crippen molar-refractivity contribution < 1.29 is 16.8 Å². The lowest BCUT2D eigenvalue weighted by Crippen LogP contribution is -2.20. The van der Waals surface area contributed by atoms with Crippen LogP contribution in [0.3, 0.4) is 0 Å². The summed E-state index contributed by atoms with van der Waals surface area (Å²) in [6.45, 7) is 7.28. The molecule has 116 valence electrons. The first kappa shape index (κ1) is 17.3. The van der Waals surface area contributed by atoms with Crippen LogP contribution in [0.15, 0.2) is 4.21 Å². The number of nitrogens with zero attached hydrogens (tertiary/aromatic N) is 1. The maximum atomic E-state index is 11.9. The Hall–Kier alpha value is -0.710. The van der Waals surface area contributed by atoms with Crippen LogP contribution in [0.5, 0.6) is 0 Å². The molecule has 0 saturated heterocycles. The van der Waals surface area contributed by atoms with Gasteiger partial charge in [-0.25, -0.2) is 27.0 Å². The van der Waals surface area contributed by atoms with E-state index in [-0.39, 0.29) is 26.2 Å². The van der Waals surface area contributed by atoms with Gasteiger partial charge in [0, 0.05) is 0 Å². The highest BCUT2D eigenvalue weighted by Gasteiger charge is 2.22. The summed E-state index contributed by atoms with van der Waals surface area (Å²) in [5, 5.41) is 5.03. The Labute approximate surface area is 123 Å². The second-order valence-corrected chi connectivity index (χ2v) is 10.3. The lowest BCUT2D eigenvalue weighted by Gasteiger charge is -2.17. The molecule has 0 aliphatic heterocycles. The van der Waals surface area contributed by atoms with Crippen LogP contribution < -0.4 is 9.86 Å². The van der Waals surface area contributed by atoms with Crippen LogP contribution in [0, 0.1) is 12.3 Å². The highest BCUT2D eigenvalue weighted by molar-refractivity contribution is 7.93. The van der Waals surface area contributed by atoms with Crippen molar-refractivity contribution in [1.82, 2.24) is 4.98 Å². The zero-order valence-electron chi connectivity index (χ0n) is 11.8. The lowest BCUT2D eigenvalue weighted by atomic mass is 9.94. The molecule has 0 spiro atoms. The molecular formula is C10H19N3O4S3. The minimum Gasteiger partial charge on any atom is -0.259 e. The normalized spacial score (nSPS) is 13.4. The topological polar surface area (TPSA) is 119 Å². The fourth-order valence-electron chi connectivity index (χ4n) is 1.31. The van der Waals surface area contributed by atoms with Gasteiger partial charge in [0.2, 0.25) is 20.0 Å². The number of rotatable bonds is 5. The van der Waals surface area contributed by atoms with Crippen molar-refractivity contribution in [2.45, 2.75) is 38.3 Å². The quantitative estimate of drug-likeness (QED) is 0.836. The monoisotopic (exact) mass is 341 g/mol. The summed E-state index contributed by atoms with van der Waals surface area (Å²) in [6.07, 6.45) is 0.481. The largest absolute Gasteiger partial charge is 0.259 e. The molecule has 0 saturated carbocycles. The van der Waals surface area contributed by atoms with E-state index in [0.29, 0.717) is 17.8 Å². The Morgan fingerprint density at radius 3 is 2.20 bits per heavy atom. The Morgan fingerprint density at radius 1 is 1.25 bits per heavy atom. The molecule has 1 aromatic heterocycles. The SMILES string of the molecule is Cc1nc(NS(=O)(=O)CCC(C)(C)C)sc1S(N)(=O)=O. The van der Waals surface area contributed by atoms with E-state index in [1.807, 2.05) is 20.8 Å². The number of primary sulfonamides is 1. The molecule has 10 heteroatoms. The van der Waals surface area contributed by atoms with Gasteiger partial charge in [0.1, 0.15) is 0 Å². The van der Waals surface area contributed by atoms with Gasteiger partial charge in [0.25, 0.3) is 0 Å². The fourth-order valence-corrected chi connectivity index (χ4v) is 4.87. The predicted molar refractivity (Wildman–Crippen MR) is 79.7 cm³/mol. The molecule has 20 heavy (non-hydrogen) atoms. The Balaban J connectivity index is 2.89. The van der Waals surface area contributed by atoms with E-state index in [1.54, 1.807) is 0 Å². The highest BCUT2D eigenvalue weighted by atomic mass is 32.2. The zero-order chi connectivity index (χ0) is 15.8. The molecule has 0 unspecified atom stereocenters. The first-order valence-corrected chi connectivity index (χ1v) is 9.82. The smallest absolute Gasteiger partial charge is 0.249 e. The molecule has 7 nitrogen and oxygen atoms in total. The van der Waals surface area contributed by atoms with Gasteiger partial charge in [-0.15, -0.1) is 0 Å². The fraction of sp³-hybridized carbons (Fsp3) is 0.700. The van der Waals surface area contributed by atoms with Crippen molar-refractivity contribution in [1.29, 1.82) is 0 Å². The third-order valence-electron chi connectivity index (χ3n) is 2.38. The van der Waals surface area contributed by atoms with E-state index in [0.717, 1.165) is 0 Å². The Bertz CT molecular complexity index is 684. The van der Waals surface area contributed by atoms with E-state index in [2.05, 4.69) is 9.71 Å².